The molecule has 0 amide bonds. The number of oxime groups is 1. The van der Waals surface area contributed by atoms with Crippen molar-refractivity contribution in [2.45, 2.75) is 51.4 Å². The van der Waals surface area contributed by atoms with Crippen LogP contribution >= 0.6 is 0 Å². The van der Waals surface area contributed by atoms with E-state index in [1.165, 1.54) is 0 Å². The number of halogens is 3. The summed E-state index contributed by atoms with van der Waals surface area (Å²) in [6.45, 7) is 4.63. The standard InChI is InChI=1S/C27H31F3N2O6/c1-3-35-22-13-18(14-23(36-4-2)24(22)37-17-27(28,29)30)16-32-11-9-26(10-12-32)15-21(31-38-26)19-5-7-20(8-6-19)25(33)34/h5-8,13-14H,3-4,9-12,15-17H2,1-2H3,(H,33,34). The number of alkyl halides is 3. The Hall–Kier alpha value is -3.47. The molecule has 0 aliphatic carbocycles. The summed E-state index contributed by atoms with van der Waals surface area (Å²) < 4.78 is 54.7. The zero-order chi connectivity index (χ0) is 27.3. The second-order valence-electron chi connectivity index (χ2n) is 9.34. The lowest BCUT2D eigenvalue weighted by Crippen LogP contribution is -2.44. The molecule has 1 saturated heterocycles. The Bertz CT molecular complexity index is 1130. The van der Waals surface area contributed by atoms with Crippen molar-refractivity contribution < 1.29 is 42.1 Å². The highest BCUT2D eigenvalue weighted by molar-refractivity contribution is 6.02. The molecule has 1 N–H and O–H groups in total. The third-order valence-electron chi connectivity index (χ3n) is 6.54. The van der Waals surface area contributed by atoms with E-state index in [1.54, 1.807) is 50.2 Å². The molecule has 0 aromatic heterocycles. The number of carboxylic acid groups (broad SMARTS) is 1. The van der Waals surface area contributed by atoms with E-state index in [-0.39, 0.29) is 36.0 Å². The van der Waals surface area contributed by atoms with Crippen molar-refractivity contribution in [3.05, 3.63) is 53.1 Å². The van der Waals surface area contributed by atoms with E-state index in [0.29, 0.717) is 13.0 Å². The zero-order valence-electron chi connectivity index (χ0n) is 21.3. The molecule has 1 spiro atoms. The van der Waals surface area contributed by atoms with Crippen LogP contribution in [0.4, 0.5) is 13.2 Å². The minimum atomic E-state index is -4.48. The van der Waals surface area contributed by atoms with E-state index in [4.69, 9.17) is 24.2 Å². The van der Waals surface area contributed by atoms with Crippen molar-refractivity contribution in [3.8, 4) is 17.2 Å². The number of ether oxygens (including phenoxy) is 3. The molecule has 0 radical (unpaired) electrons. The van der Waals surface area contributed by atoms with Gasteiger partial charge in [0.15, 0.2) is 18.1 Å². The average Bonchev–Trinajstić information content (AvgIpc) is 3.28. The predicted octanol–water partition coefficient (Wildman–Crippen LogP) is 5.28. The maximum Gasteiger partial charge on any atom is 0.422 e. The third-order valence-corrected chi connectivity index (χ3v) is 6.54. The van der Waals surface area contributed by atoms with Crippen LogP contribution in [0, 0.1) is 0 Å². The van der Waals surface area contributed by atoms with Crippen molar-refractivity contribution >= 4 is 11.7 Å². The van der Waals surface area contributed by atoms with Gasteiger partial charge in [0.25, 0.3) is 0 Å². The zero-order valence-corrected chi connectivity index (χ0v) is 21.3. The van der Waals surface area contributed by atoms with Crippen molar-refractivity contribution in [1.29, 1.82) is 0 Å². The first-order valence-electron chi connectivity index (χ1n) is 12.5. The molecule has 1 fully saturated rings. The van der Waals surface area contributed by atoms with E-state index in [9.17, 15) is 18.0 Å². The van der Waals surface area contributed by atoms with Crippen LogP contribution in [0.3, 0.4) is 0 Å². The number of piperidine rings is 1. The summed E-state index contributed by atoms with van der Waals surface area (Å²) >= 11 is 0. The predicted molar refractivity (Wildman–Crippen MR) is 133 cm³/mol. The SMILES string of the molecule is CCOc1cc(CN2CCC3(CC2)CC(c2ccc(C(=O)O)cc2)=NO3)cc(OCC)c1OCC(F)(F)F. The quantitative estimate of drug-likeness (QED) is 0.442. The number of carbonyl (C=O) groups is 1. The van der Waals surface area contributed by atoms with Crippen LogP contribution in [0.25, 0.3) is 0 Å². The number of rotatable bonds is 10. The summed E-state index contributed by atoms with van der Waals surface area (Å²) in [5, 5.41) is 13.4. The molecule has 206 valence electrons. The van der Waals surface area contributed by atoms with E-state index >= 15 is 0 Å². The van der Waals surface area contributed by atoms with Gasteiger partial charge in [0.05, 0.1) is 24.5 Å². The molecule has 2 aliphatic heterocycles. The highest BCUT2D eigenvalue weighted by Gasteiger charge is 2.42. The van der Waals surface area contributed by atoms with Gasteiger partial charge >= 0.3 is 12.1 Å². The first-order chi connectivity index (χ1) is 18.1. The molecule has 2 aromatic rings. The number of likely N-dealkylation sites (tertiary alicyclic amines) is 1. The fraction of sp³-hybridized carbons (Fsp3) is 0.481. The van der Waals surface area contributed by atoms with Crippen molar-refractivity contribution in [1.82, 2.24) is 4.90 Å². The molecule has 8 nitrogen and oxygen atoms in total. The molecule has 0 bridgehead atoms. The number of carboxylic acids is 1. The Kier molecular flexibility index (Phi) is 8.35. The van der Waals surface area contributed by atoms with Crippen LogP contribution in [0.5, 0.6) is 17.2 Å². The van der Waals surface area contributed by atoms with Gasteiger partial charge in [0, 0.05) is 38.9 Å². The summed E-state index contributed by atoms with van der Waals surface area (Å²) in [5.41, 5.74) is 2.30. The lowest BCUT2D eigenvalue weighted by atomic mass is 9.85. The summed E-state index contributed by atoms with van der Waals surface area (Å²) in [6, 6.07) is 10.0. The second-order valence-corrected chi connectivity index (χ2v) is 9.34. The highest BCUT2D eigenvalue weighted by atomic mass is 19.4. The monoisotopic (exact) mass is 536 g/mol. The van der Waals surface area contributed by atoms with Gasteiger partial charge in [-0.15, -0.1) is 0 Å². The largest absolute Gasteiger partial charge is 0.490 e. The van der Waals surface area contributed by atoms with Gasteiger partial charge in [-0.1, -0.05) is 17.3 Å². The van der Waals surface area contributed by atoms with Crippen LogP contribution in [0.2, 0.25) is 0 Å². The lowest BCUT2D eigenvalue weighted by molar-refractivity contribution is -0.153. The Morgan fingerprint density at radius 2 is 1.66 bits per heavy atom. The Morgan fingerprint density at radius 3 is 2.18 bits per heavy atom. The van der Waals surface area contributed by atoms with Crippen LogP contribution < -0.4 is 14.2 Å². The summed E-state index contributed by atoms with van der Waals surface area (Å²) in [6.07, 6.45) is -2.35. The van der Waals surface area contributed by atoms with E-state index < -0.39 is 24.4 Å². The van der Waals surface area contributed by atoms with Gasteiger partial charge in [0.2, 0.25) is 5.75 Å². The summed E-state index contributed by atoms with van der Waals surface area (Å²) in [5.74, 6) is -0.586. The fourth-order valence-electron chi connectivity index (χ4n) is 4.67. The minimum absolute atomic E-state index is 0.0483. The normalized spacial score (nSPS) is 17.1. The van der Waals surface area contributed by atoms with Gasteiger partial charge in [-0.25, -0.2) is 4.79 Å². The maximum absolute atomic E-state index is 12.8. The van der Waals surface area contributed by atoms with Crippen molar-refractivity contribution in [2.75, 3.05) is 32.9 Å². The topological polar surface area (TPSA) is 89.8 Å². The first-order valence-corrected chi connectivity index (χ1v) is 12.5. The molecule has 2 heterocycles. The van der Waals surface area contributed by atoms with Gasteiger partial charge in [-0.2, -0.15) is 13.2 Å². The number of hydrogen-bond donors (Lipinski definition) is 1. The Morgan fingerprint density at radius 1 is 1.05 bits per heavy atom. The molecular weight excluding hydrogens is 505 g/mol. The minimum Gasteiger partial charge on any atom is -0.490 e. The summed E-state index contributed by atoms with van der Waals surface area (Å²) in [7, 11) is 0. The molecule has 11 heteroatoms. The molecule has 38 heavy (non-hydrogen) atoms. The van der Waals surface area contributed by atoms with Gasteiger partial charge in [-0.05, 0) is 49.2 Å². The molecule has 2 aromatic carbocycles. The molecule has 4 rings (SSSR count). The van der Waals surface area contributed by atoms with Crippen LogP contribution in [-0.2, 0) is 11.4 Å². The molecule has 0 atom stereocenters. The number of benzene rings is 2. The van der Waals surface area contributed by atoms with Crippen LogP contribution in [-0.4, -0.2) is 66.4 Å². The van der Waals surface area contributed by atoms with Gasteiger partial charge in [-0.3, -0.25) is 4.90 Å². The van der Waals surface area contributed by atoms with Crippen LogP contribution in [0.15, 0.2) is 41.6 Å². The number of nitrogens with zero attached hydrogens (tertiary/aromatic N) is 2. The van der Waals surface area contributed by atoms with Crippen LogP contribution in [0.1, 0.15) is 54.6 Å². The lowest BCUT2D eigenvalue weighted by Gasteiger charge is -2.37. The van der Waals surface area contributed by atoms with Crippen molar-refractivity contribution in [3.63, 3.8) is 0 Å². The van der Waals surface area contributed by atoms with E-state index in [2.05, 4.69) is 10.1 Å². The molecular formula is C27H31F3N2O6. The third kappa shape index (κ3) is 6.69. The van der Waals surface area contributed by atoms with Gasteiger partial charge in [0.1, 0.15) is 5.60 Å². The number of hydrogen-bond acceptors (Lipinski definition) is 7. The smallest absolute Gasteiger partial charge is 0.422 e. The van der Waals surface area contributed by atoms with E-state index in [1.807, 2.05) is 0 Å². The summed E-state index contributed by atoms with van der Waals surface area (Å²) in [4.78, 5) is 19.2. The average molecular weight is 537 g/mol. The second kappa shape index (κ2) is 11.5. The van der Waals surface area contributed by atoms with E-state index in [0.717, 1.165) is 42.8 Å². The maximum atomic E-state index is 12.8. The first kappa shape index (κ1) is 27.6. The van der Waals surface area contributed by atoms with Crippen molar-refractivity contribution in [2.24, 2.45) is 5.16 Å². The highest BCUT2D eigenvalue weighted by Crippen LogP contribution is 2.41. The fourth-order valence-corrected chi connectivity index (χ4v) is 4.67. The van der Waals surface area contributed by atoms with Gasteiger partial charge < -0.3 is 24.2 Å². The Labute approximate surface area is 218 Å². The molecule has 2 aliphatic rings. The molecule has 0 saturated carbocycles. The Balaban J connectivity index is 1.40. The molecule has 0 unspecified atom stereocenters. The number of aromatic carboxylic acids is 1.